The molecule has 0 aliphatic rings. The molecule has 0 aliphatic heterocycles. The SMILES string of the molecule is [2H]C([2H])([2H])C(N)C([2H])([2H])c1ccc(F)cc1. The molecule has 1 aromatic carbocycles. The van der Waals surface area contributed by atoms with Crippen molar-refractivity contribution in [2.75, 3.05) is 0 Å². The molecule has 1 rings (SSSR count). The molecule has 60 valence electrons. The van der Waals surface area contributed by atoms with Crippen molar-refractivity contribution in [1.82, 2.24) is 0 Å². The topological polar surface area (TPSA) is 26.0 Å². The van der Waals surface area contributed by atoms with Crippen LogP contribution < -0.4 is 5.73 Å². The van der Waals surface area contributed by atoms with Crippen molar-refractivity contribution in [3.8, 4) is 0 Å². The summed E-state index contributed by atoms with van der Waals surface area (Å²) in [6.07, 6.45) is -2.22. The predicted octanol–water partition coefficient (Wildman–Crippen LogP) is 1.72. The molecule has 1 nitrogen and oxygen atoms in total. The summed E-state index contributed by atoms with van der Waals surface area (Å²) in [6, 6.07) is 2.88. The zero-order chi connectivity index (χ0) is 12.6. The molecule has 0 radical (unpaired) electrons. The summed E-state index contributed by atoms with van der Waals surface area (Å²) in [6.45, 7) is -2.60. The number of rotatable bonds is 2. The highest BCUT2D eigenvalue weighted by molar-refractivity contribution is 5.16. The van der Waals surface area contributed by atoms with E-state index in [4.69, 9.17) is 12.6 Å². The summed E-state index contributed by atoms with van der Waals surface area (Å²) < 4.78 is 49.2. The fourth-order valence-electron chi connectivity index (χ4n) is 0.726. The van der Waals surface area contributed by atoms with Gasteiger partial charge in [0.1, 0.15) is 5.82 Å². The molecule has 0 aliphatic carbocycles. The zero-order valence-corrected chi connectivity index (χ0v) is 5.84. The average Bonchev–Trinajstić information content (AvgIpc) is 2.16. The first-order valence-electron chi connectivity index (χ1n) is 5.67. The Morgan fingerprint density at radius 3 is 2.82 bits per heavy atom. The third kappa shape index (κ3) is 2.68. The van der Waals surface area contributed by atoms with Gasteiger partial charge < -0.3 is 5.73 Å². The Bertz CT molecular complexity index is 359. The summed E-state index contributed by atoms with van der Waals surface area (Å²) in [7, 11) is 0. The van der Waals surface area contributed by atoms with Gasteiger partial charge in [-0.1, -0.05) is 12.1 Å². The highest BCUT2D eigenvalue weighted by Crippen LogP contribution is 2.04. The van der Waals surface area contributed by atoms with Gasteiger partial charge >= 0.3 is 0 Å². The lowest BCUT2D eigenvalue weighted by Gasteiger charge is -2.03. The van der Waals surface area contributed by atoms with Crippen LogP contribution in [-0.4, -0.2) is 6.04 Å². The highest BCUT2D eigenvalue weighted by atomic mass is 19.1. The smallest absolute Gasteiger partial charge is 0.123 e. The van der Waals surface area contributed by atoms with Crippen molar-refractivity contribution in [2.45, 2.75) is 19.3 Å². The molecule has 1 atom stereocenters. The van der Waals surface area contributed by atoms with E-state index in [2.05, 4.69) is 0 Å². The molecule has 0 fully saturated rings. The molecule has 2 heteroatoms. The van der Waals surface area contributed by atoms with E-state index >= 15 is 0 Å². The van der Waals surface area contributed by atoms with Crippen molar-refractivity contribution >= 4 is 0 Å². The Morgan fingerprint density at radius 2 is 2.27 bits per heavy atom. The minimum Gasteiger partial charge on any atom is -0.328 e. The van der Waals surface area contributed by atoms with Crippen molar-refractivity contribution in [2.24, 2.45) is 5.73 Å². The van der Waals surface area contributed by atoms with Crippen LogP contribution in [0.15, 0.2) is 24.3 Å². The molecule has 0 saturated carbocycles. The minimum absolute atomic E-state index is 0.0533. The second-order valence-electron chi connectivity index (χ2n) is 2.13. The van der Waals surface area contributed by atoms with Crippen LogP contribution in [0.1, 0.15) is 19.3 Å². The normalized spacial score (nSPS) is 22.2. The minimum atomic E-state index is -2.60. The van der Waals surface area contributed by atoms with E-state index in [0.29, 0.717) is 0 Å². The molecule has 0 saturated heterocycles. The van der Waals surface area contributed by atoms with Crippen LogP contribution in [-0.2, 0) is 6.37 Å². The van der Waals surface area contributed by atoms with Crippen LogP contribution in [0.5, 0.6) is 0 Å². The maximum atomic E-state index is 12.6. The van der Waals surface area contributed by atoms with Crippen LogP contribution in [0.3, 0.4) is 0 Å². The molecule has 0 spiro atoms. The molecule has 0 heterocycles. The summed E-state index contributed by atoms with van der Waals surface area (Å²) in [4.78, 5) is 0. The molecular weight excluding hydrogens is 141 g/mol. The van der Waals surface area contributed by atoms with Gasteiger partial charge in [-0.3, -0.25) is 0 Å². The quantitative estimate of drug-likeness (QED) is 0.696. The lowest BCUT2D eigenvalue weighted by Crippen LogP contribution is -2.17. The highest BCUT2D eigenvalue weighted by Gasteiger charge is 1.96. The first-order chi connectivity index (χ1) is 7.15. The van der Waals surface area contributed by atoms with Gasteiger partial charge in [0.25, 0.3) is 0 Å². The number of hydrogen-bond donors (Lipinski definition) is 1. The van der Waals surface area contributed by atoms with Gasteiger partial charge in [0.05, 0.1) is 0 Å². The van der Waals surface area contributed by atoms with Crippen molar-refractivity contribution < 1.29 is 11.2 Å². The average molecular weight is 158 g/mol. The van der Waals surface area contributed by atoms with E-state index in [9.17, 15) is 4.39 Å². The molecule has 0 bridgehead atoms. The van der Waals surface area contributed by atoms with Gasteiger partial charge in [0, 0.05) is 12.9 Å². The van der Waals surface area contributed by atoms with E-state index in [1.54, 1.807) is 0 Å². The second-order valence-corrected chi connectivity index (χ2v) is 2.13. The predicted molar refractivity (Wildman–Crippen MR) is 43.8 cm³/mol. The van der Waals surface area contributed by atoms with Crippen molar-refractivity contribution in [3.05, 3.63) is 35.6 Å². The maximum absolute atomic E-state index is 12.6. The lowest BCUT2D eigenvalue weighted by atomic mass is 10.1. The van der Waals surface area contributed by atoms with Crippen LogP contribution >= 0.6 is 0 Å². The Morgan fingerprint density at radius 1 is 1.64 bits per heavy atom. The Hall–Kier alpha value is -0.890. The lowest BCUT2D eigenvalue weighted by molar-refractivity contribution is 0.626. The van der Waals surface area contributed by atoms with Gasteiger partial charge in [-0.05, 0) is 30.9 Å². The summed E-state index contributed by atoms with van der Waals surface area (Å²) in [5.41, 5.74) is 5.42. The van der Waals surface area contributed by atoms with E-state index in [-0.39, 0.29) is 5.56 Å². The van der Waals surface area contributed by atoms with Gasteiger partial charge in [0.15, 0.2) is 0 Å². The van der Waals surface area contributed by atoms with E-state index in [0.717, 1.165) is 12.1 Å². The molecule has 1 aromatic rings. The summed E-state index contributed by atoms with van der Waals surface area (Å²) in [5.74, 6) is -0.512. The van der Waals surface area contributed by atoms with Gasteiger partial charge in [0.2, 0.25) is 0 Å². The maximum Gasteiger partial charge on any atom is 0.123 e. The van der Waals surface area contributed by atoms with Crippen LogP contribution in [0.25, 0.3) is 0 Å². The fourth-order valence-corrected chi connectivity index (χ4v) is 0.726. The van der Waals surface area contributed by atoms with Gasteiger partial charge in [-0.25, -0.2) is 4.39 Å². The number of benzene rings is 1. The molecule has 1 unspecified atom stereocenters. The van der Waals surface area contributed by atoms with Crippen molar-refractivity contribution in [1.29, 1.82) is 0 Å². The van der Waals surface area contributed by atoms with Crippen LogP contribution in [0, 0.1) is 5.82 Å². The first kappa shape index (κ1) is 3.68. The summed E-state index contributed by atoms with van der Waals surface area (Å²) in [5, 5.41) is 0. The molecule has 0 amide bonds. The standard InChI is InChI=1S/C9H12FN/c1-7(11)6-8-2-4-9(10)5-3-8/h2-5,7H,6,11H2,1H3/i1D3,6D2. The van der Waals surface area contributed by atoms with E-state index < -0.39 is 25.1 Å². The van der Waals surface area contributed by atoms with E-state index in [1.807, 2.05) is 0 Å². The van der Waals surface area contributed by atoms with Crippen LogP contribution in [0.2, 0.25) is 0 Å². The third-order valence-corrected chi connectivity index (χ3v) is 1.17. The van der Waals surface area contributed by atoms with Crippen LogP contribution in [0.4, 0.5) is 4.39 Å². The molecular formula is C9H12FN. The van der Waals surface area contributed by atoms with Gasteiger partial charge in [-0.2, -0.15) is 0 Å². The first-order valence-corrected chi connectivity index (χ1v) is 3.17. The van der Waals surface area contributed by atoms with Gasteiger partial charge in [-0.15, -0.1) is 0 Å². The third-order valence-electron chi connectivity index (χ3n) is 1.17. The van der Waals surface area contributed by atoms with Crippen molar-refractivity contribution in [3.63, 3.8) is 0 Å². The largest absolute Gasteiger partial charge is 0.328 e. The Balaban J connectivity index is 3.06. The zero-order valence-electron chi connectivity index (χ0n) is 10.8. The van der Waals surface area contributed by atoms with E-state index in [1.165, 1.54) is 12.1 Å². The second kappa shape index (κ2) is 3.49. The summed E-state index contributed by atoms with van der Waals surface area (Å²) >= 11 is 0. The Kier molecular flexibility index (Phi) is 1.16. The number of hydrogen-bond acceptors (Lipinski definition) is 1. The monoisotopic (exact) mass is 158 g/mol. The number of nitrogens with two attached hydrogens (primary N) is 1. The molecule has 2 N–H and O–H groups in total. The molecule has 0 aromatic heterocycles. The number of halogens is 1. The fraction of sp³-hybridized carbons (Fsp3) is 0.333. The molecule has 11 heavy (non-hydrogen) atoms. The Labute approximate surface area is 73.1 Å².